The molecule has 0 saturated heterocycles. The van der Waals surface area contributed by atoms with E-state index in [1.807, 2.05) is 64.1 Å². The van der Waals surface area contributed by atoms with Gasteiger partial charge in [0.05, 0.1) is 11.1 Å². The van der Waals surface area contributed by atoms with Crippen molar-refractivity contribution in [3.8, 4) is 11.5 Å². The van der Waals surface area contributed by atoms with Gasteiger partial charge in [-0.2, -0.15) is 0 Å². The Labute approximate surface area is 170 Å². The molecule has 4 nitrogen and oxygen atoms in total. The summed E-state index contributed by atoms with van der Waals surface area (Å²) in [6, 6.07) is 11.3. The quantitative estimate of drug-likeness (QED) is 0.423. The fraction of sp³-hybridized carbons (Fsp3) is 0.280. The van der Waals surface area contributed by atoms with Crippen LogP contribution in [0.3, 0.4) is 0 Å². The van der Waals surface area contributed by atoms with Gasteiger partial charge < -0.3 is 9.47 Å². The minimum Gasteiger partial charge on any atom is -0.423 e. The van der Waals surface area contributed by atoms with Gasteiger partial charge in [0.1, 0.15) is 11.5 Å². The number of rotatable bonds is 4. The summed E-state index contributed by atoms with van der Waals surface area (Å²) in [6.07, 6.45) is 4.68. The average molecular weight is 388 g/mol. The van der Waals surface area contributed by atoms with E-state index in [1.54, 1.807) is 12.1 Å². The topological polar surface area (TPSA) is 52.6 Å². The lowest BCUT2D eigenvalue weighted by Gasteiger charge is -2.16. The van der Waals surface area contributed by atoms with Crippen LogP contribution in [-0.4, -0.2) is 11.9 Å². The molecule has 0 saturated carbocycles. The van der Waals surface area contributed by atoms with Gasteiger partial charge in [-0.05, 0) is 57.4 Å². The third-order valence-corrected chi connectivity index (χ3v) is 5.62. The van der Waals surface area contributed by atoms with E-state index in [1.165, 1.54) is 0 Å². The second-order valence-corrected chi connectivity index (χ2v) is 7.98. The van der Waals surface area contributed by atoms with Crippen LogP contribution in [0.4, 0.5) is 0 Å². The summed E-state index contributed by atoms with van der Waals surface area (Å²) in [4.78, 5) is 26.0. The molecule has 2 bridgehead atoms. The highest BCUT2D eigenvalue weighted by molar-refractivity contribution is 6.04. The second kappa shape index (κ2) is 7.36. The first-order chi connectivity index (χ1) is 13.8. The van der Waals surface area contributed by atoms with E-state index in [-0.39, 0.29) is 11.8 Å². The van der Waals surface area contributed by atoms with Crippen LogP contribution < -0.4 is 9.47 Å². The average Bonchev–Trinajstić information content (AvgIpc) is 3.27. The normalized spacial score (nSPS) is 19.6. The molecule has 0 spiro atoms. The number of carbonyl (C=O) groups excluding carboxylic acids is 2. The van der Waals surface area contributed by atoms with Crippen LogP contribution in [0.15, 0.2) is 59.7 Å². The molecular weight excluding hydrogens is 364 g/mol. The third-order valence-electron chi connectivity index (χ3n) is 5.62. The fourth-order valence-corrected chi connectivity index (χ4v) is 4.19. The maximum atomic E-state index is 13.0. The lowest BCUT2D eigenvalue weighted by molar-refractivity contribution is -0.133. The fourth-order valence-electron chi connectivity index (χ4n) is 4.19. The van der Waals surface area contributed by atoms with Gasteiger partial charge in [-0.3, -0.25) is 0 Å². The molecule has 4 heteroatoms. The Morgan fingerprint density at radius 2 is 1.14 bits per heavy atom. The van der Waals surface area contributed by atoms with E-state index in [4.69, 9.17) is 9.47 Å². The van der Waals surface area contributed by atoms with E-state index in [2.05, 4.69) is 0 Å². The molecule has 2 aromatic rings. The smallest absolute Gasteiger partial charge is 0.340 e. The molecule has 0 aromatic heterocycles. The van der Waals surface area contributed by atoms with Gasteiger partial charge in [-0.25, -0.2) is 9.59 Å². The Bertz CT molecular complexity index is 991. The summed E-state index contributed by atoms with van der Waals surface area (Å²) in [6.45, 7) is 7.78. The van der Waals surface area contributed by atoms with Gasteiger partial charge in [0.2, 0.25) is 0 Å². The zero-order chi connectivity index (χ0) is 20.7. The first kappa shape index (κ1) is 19.2. The highest BCUT2D eigenvalue weighted by Gasteiger charge is 2.43. The van der Waals surface area contributed by atoms with E-state index in [0.29, 0.717) is 29.1 Å². The van der Waals surface area contributed by atoms with Crippen molar-refractivity contribution in [2.24, 2.45) is 11.8 Å². The summed E-state index contributed by atoms with van der Waals surface area (Å²) in [5, 5.41) is 0. The number of carbonyl (C=O) groups is 2. The van der Waals surface area contributed by atoms with Crippen LogP contribution >= 0.6 is 0 Å². The lowest BCUT2D eigenvalue weighted by Crippen LogP contribution is -2.23. The van der Waals surface area contributed by atoms with Gasteiger partial charge >= 0.3 is 11.9 Å². The Balaban J connectivity index is 1.62. The Morgan fingerprint density at radius 1 is 0.724 bits per heavy atom. The first-order valence-electron chi connectivity index (χ1n) is 9.84. The van der Waals surface area contributed by atoms with Gasteiger partial charge in [0, 0.05) is 11.8 Å². The molecule has 0 fully saturated rings. The minimum absolute atomic E-state index is 0.0973. The minimum atomic E-state index is -0.471. The zero-order valence-corrected chi connectivity index (χ0v) is 17.1. The van der Waals surface area contributed by atoms with Crippen molar-refractivity contribution in [1.29, 1.82) is 0 Å². The van der Waals surface area contributed by atoms with E-state index in [0.717, 1.165) is 22.3 Å². The highest BCUT2D eigenvalue weighted by atomic mass is 16.5. The summed E-state index contributed by atoms with van der Waals surface area (Å²) in [5.41, 5.74) is 4.82. The molecule has 0 aliphatic heterocycles. The molecule has 2 aliphatic rings. The maximum absolute atomic E-state index is 13.0. The Hall–Kier alpha value is -3.14. The van der Waals surface area contributed by atoms with Crippen LogP contribution in [0.1, 0.15) is 28.7 Å². The third kappa shape index (κ3) is 3.63. The number of hydrogen-bond donors (Lipinski definition) is 0. The maximum Gasteiger partial charge on any atom is 0.340 e. The van der Waals surface area contributed by atoms with Crippen molar-refractivity contribution in [3.63, 3.8) is 0 Å². The molecule has 2 aliphatic carbocycles. The predicted octanol–water partition coefficient (Wildman–Crippen LogP) is 4.93. The molecule has 0 amide bonds. The summed E-state index contributed by atoms with van der Waals surface area (Å²) in [7, 11) is 0. The lowest BCUT2D eigenvalue weighted by atomic mass is 9.97. The van der Waals surface area contributed by atoms with Crippen LogP contribution in [-0.2, 0) is 9.59 Å². The summed E-state index contributed by atoms with van der Waals surface area (Å²) < 4.78 is 11.3. The zero-order valence-electron chi connectivity index (χ0n) is 17.1. The predicted molar refractivity (Wildman–Crippen MR) is 111 cm³/mol. The van der Waals surface area contributed by atoms with E-state index < -0.39 is 11.9 Å². The van der Waals surface area contributed by atoms with Crippen LogP contribution in [0.5, 0.6) is 11.5 Å². The number of allylic oxidation sites excluding steroid dienone is 2. The Kier molecular flexibility index (Phi) is 4.87. The van der Waals surface area contributed by atoms with Crippen molar-refractivity contribution in [1.82, 2.24) is 0 Å². The molecule has 0 radical (unpaired) electrons. The van der Waals surface area contributed by atoms with Crippen molar-refractivity contribution in [2.45, 2.75) is 34.1 Å². The second-order valence-electron chi connectivity index (χ2n) is 7.98. The highest BCUT2D eigenvalue weighted by Crippen LogP contribution is 2.45. The molecule has 4 rings (SSSR count). The Morgan fingerprint density at radius 3 is 1.52 bits per heavy atom. The molecule has 2 atom stereocenters. The first-order valence-corrected chi connectivity index (χ1v) is 9.84. The monoisotopic (exact) mass is 388 g/mol. The molecule has 148 valence electrons. The van der Waals surface area contributed by atoms with E-state index in [9.17, 15) is 9.59 Å². The van der Waals surface area contributed by atoms with Crippen molar-refractivity contribution < 1.29 is 19.1 Å². The number of fused-ring (bicyclic) bond motifs is 2. The van der Waals surface area contributed by atoms with Crippen molar-refractivity contribution in [3.05, 3.63) is 82.0 Å². The number of benzene rings is 2. The van der Waals surface area contributed by atoms with Gasteiger partial charge in [0.25, 0.3) is 0 Å². The molecule has 0 N–H and O–H groups in total. The summed E-state index contributed by atoms with van der Waals surface area (Å²) >= 11 is 0. The van der Waals surface area contributed by atoms with Crippen LogP contribution in [0.2, 0.25) is 0 Å². The molecular formula is C25H24O4. The number of hydrogen-bond acceptors (Lipinski definition) is 4. The molecule has 2 aromatic carbocycles. The van der Waals surface area contributed by atoms with Gasteiger partial charge in [-0.1, -0.05) is 47.5 Å². The van der Waals surface area contributed by atoms with Crippen molar-refractivity contribution in [2.75, 3.05) is 0 Å². The van der Waals surface area contributed by atoms with E-state index >= 15 is 0 Å². The van der Waals surface area contributed by atoms with Gasteiger partial charge in [-0.15, -0.1) is 0 Å². The standard InChI is InChI=1S/C25H24O4/c1-14-5-9-20(16(3)11-14)28-24(26)22-18-7-8-19(13-18)23(22)25(27)29-21-10-6-15(2)12-17(21)4/h5-12,18-19H,13H2,1-4H3. The molecule has 2 unspecified atom stereocenters. The number of aryl methyl sites for hydroxylation is 4. The molecule has 29 heavy (non-hydrogen) atoms. The van der Waals surface area contributed by atoms with Crippen LogP contribution in [0, 0.1) is 39.5 Å². The molecule has 0 heterocycles. The largest absolute Gasteiger partial charge is 0.423 e. The van der Waals surface area contributed by atoms with Crippen LogP contribution in [0.25, 0.3) is 0 Å². The van der Waals surface area contributed by atoms with Gasteiger partial charge in [0.15, 0.2) is 0 Å². The number of esters is 2. The SMILES string of the molecule is Cc1ccc(OC(=O)C2=C(C(=O)Oc3ccc(C)cc3C)C3C=CC2C3)c(C)c1. The van der Waals surface area contributed by atoms with Crippen molar-refractivity contribution >= 4 is 11.9 Å². The summed E-state index contributed by atoms with van der Waals surface area (Å²) in [5.74, 6) is -0.105. The number of ether oxygens (including phenoxy) is 2.